The summed E-state index contributed by atoms with van der Waals surface area (Å²) in [7, 11) is 0. The quantitative estimate of drug-likeness (QED) is 0.790. The Balaban J connectivity index is 1.93. The molecule has 2 rings (SSSR count). The van der Waals surface area contributed by atoms with Crippen LogP contribution in [0.5, 0.6) is 0 Å². The Labute approximate surface area is 128 Å². The molecule has 0 spiro atoms. The summed E-state index contributed by atoms with van der Waals surface area (Å²) in [5.41, 5.74) is 7.44. The van der Waals surface area contributed by atoms with Crippen LogP contribution in [0.15, 0.2) is 24.3 Å². The summed E-state index contributed by atoms with van der Waals surface area (Å²) in [4.78, 5) is 14.5. The second-order valence-electron chi connectivity index (χ2n) is 6.18. The highest BCUT2D eigenvalue weighted by molar-refractivity contribution is 5.93. The molecule has 1 aromatic carbocycles. The molecular formula is C18H28N2O. The number of hydrogen-bond donors (Lipinski definition) is 1. The van der Waals surface area contributed by atoms with Gasteiger partial charge in [-0.15, -0.1) is 0 Å². The van der Waals surface area contributed by atoms with Crippen LogP contribution in [0.25, 0.3) is 0 Å². The predicted octanol–water partition coefficient (Wildman–Crippen LogP) is 4.37. The molecule has 3 nitrogen and oxygen atoms in total. The topological polar surface area (TPSA) is 46.3 Å². The van der Waals surface area contributed by atoms with Gasteiger partial charge >= 0.3 is 0 Å². The first kappa shape index (κ1) is 15.9. The van der Waals surface area contributed by atoms with Gasteiger partial charge in [0.25, 0.3) is 0 Å². The van der Waals surface area contributed by atoms with Crippen molar-refractivity contribution in [2.45, 2.75) is 58.3 Å². The van der Waals surface area contributed by atoms with Crippen LogP contribution in [0.1, 0.15) is 58.3 Å². The normalized spacial score (nSPS) is 15.9. The highest BCUT2D eigenvalue weighted by Gasteiger charge is 2.18. The SMILES string of the molecule is CCCN(C(=O)CCC1CCCCC1)c1ccc(N)cc1. The van der Waals surface area contributed by atoms with Gasteiger partial charge in [0.1, 0.15) is 0 Å². The zero-order valence-corrected chi connectivity index (χ0v) is 13.2. The fourth-order valence-electron chi connectivity index (χ4n) is 3.21. The zero-order chi connectivity index (χ0) is 15.1. The van der Waals surface area contributed by atoms with E-state index in [1.165, 1.54) is 32.1 Å². The molecule has 0 atom stereocenters. The van der Waals surface area contributed by atoms with E-state index in [1.807, 2.05) is 29.2 Å². The van der Waals surface area contributed by atoms with Gasteiger partial charge in [-0.2, -0.15) is 0 Å². The van der Waals surface area contributed by atoms with Crippen LogP contribution in [-0.2, 0) is 4.79 Å². The maximum atomic E-state index is 12.6. The van der Waals surface area contributed by atoms with Crippen molar-refractivity contribution in [1.82, 2.24) is 0 Å². The minimum Gasteiger partial charge on any atom is -0.399 e. The lowest BCUT2D eigenvalue weighted by molar-refractivity contribution is -0.119. The number of amides is 1. The van der Waals surface area contributed by atoms with Crippen LogP contribution < -0.4 is 10.6 Å². The average molecular weight is 288 g/mol. The summed E-state index contributed by atoms with van der Waals surface area (Å²) in [6.45, 7) is 2.89. The molecule has 0 aromatic heterocycles. The number of nitrogens with two attached hydrogens (primary N) is 1. The van der Waals surface area contributed by atoms with Crippen molar-refractivity contribution in [3.63, 3.8) is 0 Å². The number of carbonyl (C=O) groups excluding carboxylic acids is 1. The third-order valence-electron chi connectivity index (χ3n) is 4.44. The van der Waals surface area contributed by atoms with E-state index in [2.05, 4.69) is 6.92 Å². The highest BCUT2D eigenvalue weighted by atomic mass is 16.2. The van der Waals surface area contributed by atoms with Crippen LogP contribution >= 0.6 is 0 Å². The number of anilines is 2. The second kappa shape index (κ2) is 8.06. The molecule has 0 unspecified atom stereocenters. The standard InChI is InChI=1S/C18H28N2O/c1-2-14-20(17-11-9-16(19)10-12-17)18(21)13-8-15-6-4-3-5-7-15/h9-12,15H,2-8,13-14,19H2,1H3. The van der Waals surface area contributed by atoms with Gasteiger partial charge in [-0.05, 0) is 43.0 Å². The van der Waals surface area contributed by atoms with E-state index in [0.717, 1.165) is 36.7 Å². The fraction of sp³-hybridized carbons (Fsp3) is 0.611. The first-order valence-electron chi connectivity index (χ1n) is 8.36. The number of nitrogen functional groups attached to an aromatic ring is 1. The van der Waals surface area contributed by atoms with E-state index >= 15 is 0 Å². The molecule has 1 amide bonds. The number of rotatable bonds is 6. The number of benzene rings is 1. The van der Waals surface area contributed by atoms with Gasteiger partial charge < -0.3 is 10.6 Å². The third kappa shape index (κ3) is 4.76. The van der Waals surface area contributed by atoms with E-state index in [9.17, 15) is 4.79 Å². The molecule has 0 radical (unpaired) electrons. The van der Waals surface area contributed by atoms with Gasteiger partial charge in [0.05, 0.1) is 0 Å². The van der Waals surface area contributed by atoms with Crippen LogP contribution in [0.4, 0.5) is 11.4 Å². The highest BCUT2D eigenvalue weighted by Crippen LogP contribution is 2.28. The predicted molar refractivity (Wildman–Crippen MR) is 89.3 cm³/mol. The van der Waals surface area contributed by atoms with Gasteiger partial charge in [0.2, 0.25) is 5.91 Å². The van der Waals surface area contributed by atoms with E-state index in [4.69, 9.17) is 5.73 Å². The lowest BCUT2D eigenvalue weighted by atomic mass is 9.86. The molecule has 1 aliphatic rings. The van der Waals surface area contributed by atoms with E-state index in [1.54, 1.807) is 0 Å². The molecule has 0 heterocycles. The van der Waals surface area contributed by atoms with Crippen molar-refractivity contribution in [2.75, 3.05) is 17.2 Å². The first-order chi connectivity index (χ1) is 10.2. The average Bonchev–Trinajstić information content (AvgIpc) is 2.52. The minimum absolute atomic E-state index is 0.257. The van der Waals surface area contributed by atoms with E-state index < -0.39 is 0 Å². The molecular weight excluding hydrogens is 260 g/mol. The van der Waals surface area contributed by atoms with Crippen LogP contribution in [-0.4, -0.2) is 12.5 Å². The summed E-state index contributed by atoms with van der Waals surface area (Å²) in [5.74, 6) is 1.02. The lowest BCUT2D eigenvalue weighted by Gasteiger charge is -2.25. The second-order valence-corrected chi connectivity index (χ2v) is 6.18. The van der Waals surface area contributed by atoms with E-state index in [-0.39, 0.29) is 5.91 Å². The smallest absolute Gasteiger partial charge is 0.226 e. The Bertz CT molecular complexity index is 435. The van der Waals surface area contributed by atoms with Crippen molar-refractivity contribution in [3.05, 3.63) is 24.3 Å². The first-order valence-corrected chi connectivity index (χ1v) is 8.36. The Morgan fingerprint density at radius 1 is 1.19 bits per heavy atom. The summed E-state index contributed by atoms with van der Waals surface area (Å²) >= 11 is 0. The van der Waals surface area contributed by atoms with E-state index in [0.29, 0.717) is 6.42 Å². The van der Waals surface area contributed by atoms with Crippen LogP contribution in [0.2, 0.25) is 0 Å². The Hall–Kier alpha value is -1.51. The Kier molecular flexibility index (Phi) is 6.09. The monoisotopic (exact) mass is 288 g/mol. The van der Waals surface area contributed by atoms with Crippen molar-refractivity contribution < 1.29 is 4.79 Å². The minimum atomic E-state index is 0.257. The lowest BCUT2D eigenvalue weighted by Crippen LogP contribution is -2.31. The Morgan fingerprint density at radius 3 is 2.48 bits per heavy atom. The van der Waals surface area contributed by atoms with Crippen molar-refractivity contribution in [1.29, 1.82) is 0 Å². The number of nitrogens with zero attached hydrogens (tertiary/aromatic N) is 1. The van der Waals surface area contributed by atoms with Crippen LogP contribution in [0, 0.1) is 5.92 Å². The van der Waals surface area contributed by atoms with Gasteiger partial charge in [-0.1, -0.05) is 39.0 Å². The number of carbonyl (C=O) groups is 1. The molecule has 0 saturated heterocycles. The van der Waals surface area contributed by atoms with Crippen LogP contribution in [0.3, 0.4) is 0 Å². The van der Waals surface area contributed by atoms with Gasteiger partial charge in [-0.3, -0.25) is 4.79 Å². The molecule has 2 N–H and O–H groups in total. The molecule has 1 aliphatic carbocycles. The molecule has 3 heteroatoms. The number of hydrogen-bond acceptors (Lipinski definition) is 2. The maximum Gasteiger partial charge on any atom is 0.226 e. The largest absolute Gasteiger partial charge is 0.399 e. The third-order valence-corrected chi connectivity index (χ3v) is 4.44. The van der Waals surface area contributed by atoms with Gasteiger partial charge in [0.15, 0.2) is 0 Å². The Morgan fingerprint density at radius 2 is 1.86 bits per heavy atom. The zero-order valence-electron chi connectivity index (χ0n) is 13.2. The summed E-state index contributed by atoms with van der Waals surface area (Å²) in [5, 5.41) is 0. The molecule has 1 fully saturated rings. The summed E-state index contributed by atoms with van der Waals surface area (Å²) < 4.78 is 0. The summed E-state index contributed by atoms with van der Waals surface area (Å²) in [6, 6.07) is 7.63. The van der Waals surface area contributed by atoms with Gasteiger partial charge in [0, 0.05) is 24.3 Å². The molecule has 1 aromatic rings. The fourth-order valence-corrected chi connectivity index (χ4v) is 3.21. The maximum absolute atomic E-state index is 12.6. The van der Waals surface area contributed by atoms with Crippen molar-refractivity contribution in [3.8, 4) is 0 Å². The van der Waals surface area contributed by atoms with Crippen molar-refractivity contribution in [2.24, 2.45) is 5.92 Å². The molecule has 116 valence electrons. The molecule has 0 bridgehead atoms. The van der Waals surface area contributed by atoms with Crippen molar-refractivity contribution >= 4 is 17.3 Å². The molecule has 21 heavy (non-hydrogen) atoms. The summed E-state index contributed by atoms with van der Waals surface area (Å²) in [6.07, 6.45) is 9.37. The molecule has 1 saturated carbocycles. The van der Waals surface area contributed by atoms with Gasteiger partial charge in [-0.25, -0.2) is 0 Å². The molecule has 0 aliphatic heterocycles.